The molecule has 0 atom stereocenters. The number of benzene rings is 1. The molecule has 0 saturated heterocycles. The molecule has 0 aliphatic carbocycles. The average molecular weight is 275 g/mol. The minimum atomic E-state index is -3.70. The van der Waals surface area contributed by atoms with Crippen molar-refractivity contribution in [1.29, 1.82) is 0 Å². The lowest BCUT2D eigenvalue weighted by Crippen LogP contribution is -2.01. The topological polar surface area (TPSA) is 43.4 Å². The Morgan fingerprint density at radius 1 is 1.35 bits per heavy atom. The Bertz CT molecular complexity index is 521. The Morgan fingerprint density at radius 3 is 2.53 bits per heavy atom. The molecule has 0 saturated carbocycles. The molecule has 1 rings (SSSR count). The minimum Gasteiger partial charge on any atom is -0.493 e. The van der Waals surface area contributed by atoms with Gasteiger partial charge in [0.25, 0.3) is 9.05 Å². The number of rotatable bonds is 5. The molecule has 3 nitrogen and oxygen atoms in total. The third-order valence-corrected chi connectivity index (χ3v) is 3.78. The van der Waals surface area contributed by atoms with E-state index in [1.807, 2.05) is 0 Å². The molecule has 0 radical (unpaired) electrons. The SMILES string of the molecule is C=CCCOc1cc(C)c(S(=O)(=O)Cl)cc1C. The molecule has 17 heavy (non-hydrogen) atoms. The van der Waals surface area contributed by atoms with Crippen molar-refractivity contribution in [2.75, 3.05) is 6.61 Å². The van der Waals surface area contributed by atoms with E-state index in [2.05, 4.69) is 6.58 Å². The highest BCUT2D eigenvalue weighted by Gasteiger charge is 2.15. The summed E-state index contributed by atoms with van der Waals surface area (Å²) in [6.07, 6.45) is 2.51. The Kier molecular flexibility index (Phi) is 4.60. The van der Waals surface area contributed by atoms with Crippen molar-refractivity contribution < 1.29 is 13.2 Å². The molecule has 0 aliphatic heterocycles. The Morgan fingerprint density at radius 2 is 2.00 bits per heavy atom. The van der Waals surface area contributed by atoms with Gasteiger partial charge >= 0.3 is 0 Å². The predicted octanol–water partition coefficient (Wildman–Crippen LogP) is 3.19. The summed E-state index contributed by atoms with van der Waals surface area (Å²) in [4.78, 5) is 0.132. The molecule has 0 amide bonds. The van der Waals surface area contributed by atoms with Gasteiger partial charge in [-0.05, 0) is 43.5 Å². The first-order chi connectivity index (χ1) is 7.86. The summed E-state index contributed by atoms with van der Waals surface area (Å²) in [6, 6.07) is 3.22. The summed E-state index contributed by atoms with van der Waals surface area (Å²) >= 11 is 0. The van der Waals surface area contributed by atoms with E-state index >= 15 is 0 Å². The normalized spacial score (nSPS) is 11.2. The van der Waals surface area contributed by atoms with Crippen LogP contribution in [0, 0.1) is 13.8 Å². The third kappa shape index (κ3) is 3.75. The molecule has 5 heteroatoms. The van der Waals surface area contributed by atoms with Gasteiger partial charge in [0, 0.05) is 10.7 Å². The van der Waals surface area contributed by atoms with Gasteiger partial charge < -0.3 is 4.74 Å². The van der Waals surface area contributed by atoms with Crippen LogP contribution >= 0.6 is 10.7 Å². The molecule has 94 valence electrons. The lowest BCUT2D eigenvalue weighted by molar-refractivity contribution is 0.322. The van der Waals surface area contributed by atoms with Gasteiger partial charge in [-0.3, -0.25) is 0 Å². The van der Waals surface area contributed by atoms with E-state index in [9.17, 15) is 8.42 Å². The summed E-state index contributed by atoms with van der Waals surface area (Å²) in [5, 5.41) is 0. The highest BCUT2D eigenvalue weighted by molar-refractivity contribution is 8.13. The highest BCUT2D eigenvalue weighted by atomic mass is 35.7. The standard InChI is InChI=1S/C12H15ClO3S/c1-4-5-6-16-11-7-10(3)12(8-9(11)2)17(13,14)15/h4,7-8H,1,5-6H2,2-3H3. The summed E-state index contributed by atoms with van der Waals surface area (Å²) in [7, 11) is 1.64. The van der Waals surface area contributed by atoms with E-state index < -0.39 is 9.05 Å². The van der Waals surface area contributed by atoms with Crippen molar-refractivity contribution in [3.8, 4) is 5.75 Å². The Labute approximate surface area is 106 Å². The molecular formula is C12H15ClO3S. The van der Waals surface area contributed by atoms with Gasteiger partial charge in [0.05, 0.1) is 11.5 Å². The molecule has 0 unspecified atom stereocenters. The van der Waals surface area contributed by atoms with Gasteiger partial charge in [0.1, 0.15) is 5.75 Å². The zero-order valence-corrected chi connectivity index (χ0v) is 11.4. The van der Waals surface area contributed by atoms with Crippen molar-refractivity contribution in [3.63, 3.8) is 0 Å². The van der Waals surface area contributed by atoms with Gasteiger partial charge in [0.2, 0.25) is 0 Å². The zero-order valence-electron chi connectivity index (χ0n) is 9.86. The maximum absolute atomic E-state index is 11.3. The van der Waals surface area contributed by atoms with Crippen LogP contribution in [0.3, 0.4) is 0 Å². The summed E-state index contributed by atoms with van der Waals surface area (Å²) in [6.45, 7) is 7.60. The largest absolute Gasteiger partial charge is 0.493 e. The highest BCUT2D eigenvalue weighted by Crippen LogP contribution is 2.27. The van der Waals surface area contributed by atoms with Crippen molar-refractivity contribution >= 4 is 19.7 Å². The molecule has 0 heterocycles. The first-order valence-corrected chi connectivity index (χ1v) is 7.47. The summed E-state index contributed by atoms with van der Waals surface area (Å²) < 4.78 is 28.1. The summed E-state index contributed by atoms with van der Waals surface area (Å²) in [5.74, 6) is 0.674. The number of hydrogen-bond acceptors (Lipinski definition) is 3. The van der Waals surface area contributed by atoms with Gasteiger partial charge in [-0.25, -0.2) is 8.42 Å². The summed E-state index contributed by atoms with van der Waals surface area (Å²) in [5.41, 5.74) is 1.33. The van der Waals surface area contributed by atoms with Crippen LogP contribution in [0.15, 0.2) is 29.7 Å². The smallest absolute Gasteiger partial charge is 0.261 e. The molecule has 0 spiro atoms. The fourth-order valence-corrected chi connectivity index (χ4v) is 2.69. The van der Waals surface area contributed by atoms with Crippen molar-refractivity contribution in [2.45, 2.75) is 25.2 Å². The Hall–Kier alpha value is -1.00. The van der Waals surface area contributed by atoms with Crippen LogP contribution in [0.25, 0.3) is 0 Å². The lowest BCUT2D eigenvalue weighted by atomic mass is 10.1. The van der Waals surface area contributed by atoms with Gasteiger partial charge in [-0.1, -0.05) is 6.08 Å². The van der Waals surface area contributed by atoms with Gasteiger partial charge in [-0.15, -0.1) is 6.58 Å². The first kappa shape index (κ1) is 14.1. The van der Waals surface area contributed by atoms with Crippen LogP contribution in [-0.4, -0.2) is 15.0 Å². The number of hydrogen-bond donors (Lipinski definition) is 0. The second-order valence-corrected chi connectivity index (χ2v) is 6.28. The molecule has 0 aromatic heterocycles. The lowest BCUT2D eigenvalue weighted by Gasteiger charge is -2.11. The Balaban J connectivity index is 3.06. The van der Waals surface area contributed by atoms with E-state index in [1.165, 1.54) is 6.07 Å². The van der Waals surface area contributed by atoms with Crippen molar-refractivity contribution in [2.24, 2.45) is 0 Å². The van der Waals surface area contributed by atoms with Crippen molar-refractivity contribution in [3.05, 3.63) is 35.9 Å². The fourth-order valence-electron chi connectivity index (χ4n) is 1.43. The molecule has 1 aromatic carbocycles. The number of aryl methyl sites for hydroxylation is 2. The fraction of sp³-hybridized carbons (Fsp3) is 0.333. The van der Waals surface area contributed by atoms with Crippen LogP contribution in [0.4, 0.5) is 0 Å². The molecule has 0 aliphatic rings. The molecule has 0 N–H and O–H groups in total. The number of halogens is 1. The van der Waals surface area contributed by atoms with Crippen LogP contribution in [-0.2, 0) is 9.05 Å². The second-order valence-electron chi connectivity index (χ2n) is 3.75. The maximum atomic E-state index is 11.3. The van der Waals surface area contributed by atoms with Crippen LogP contribution in [0.5, 0.6) is 5.75 Å². The van der Waals surface area contributed by atoms with E-state index in [-0.39, 0.29) is 4.90 Å². The third-order valence-electron chi connectivity index (χ3n) is 2.31. The first-order valence-electron chi connectivity index (χ1n) is 5.16. The van der Waals surface area contributed by atoms with Crippen LogP contribution in [0.1, 0.15) is 17.5 Å². The number of ether oxygens (including phenoxy) is 1. The van der Waals surface area contributed by atoms with E-state index in [0.717, 1.165) is 12.0 Å². The molecule has 0 bridgehead atoms. The quantitative estimate of drug-likeness (QED) is 0.470. The predicted molar refractivity (Wildman–Crippen MR) is 69.3 cm³/mol. The second kappa shape index (κ2) is 5.56. The molecule has 1 aromatic rings. The zero-order chi connectivity index (χ0) is 13.1. The van der Waals surface area contributed by atoms with Gasteiger partial charge in [0.15, 0.2) is 0 Å². The molecule has 0 fully saturated rings. The van der Waals surface area contributed by atoms with Gasteiger partial charge in [-0.2, -0.15) is 0 Å². The maximum Gasteiger partial charge on any atom is 0.261 e. The minimum absolute atomic E-state index is 0.132. The van der Waals surface area contributed by atoms with E-state index in [4.69, 9.17) is 15.4 Å². The monoisotopic (exact) mass is 274 g/mol. The molecular weight excluding hydrogens is 260 g/mol. The average Bonchev–Trinajstić information content (AvgIpc) is 2.21. The van der Waals surface area contributed by atoms with Crippen LogP contribution < -0.4 is 4.74 Å². The van der Waals surface area contributed by atoms with Crippen LogP contribution in [0.2, 0.25) is 0 Å². The van der Waals surface area contributed by atoms with Crippen molar-refractivity contribution in [1.82, 2.24) is 0 Å². The van der Waals surface area contributed by atoms with E-state index in [1.54, 1.807) is 26.0 Å². The van der Waals surface area contributed by atoms with E-state index in [0.29, 0.717) is 17.9 Å².